The summed E-state index contributed by atoms with van der Waals surface area (Å²) in [4.78, 5) is 2.45. The maximum atomic E-state index is 8.86. The Labute approximate surface area is 55.5 Å². The van der Waals surface area contributed by atoms with Crippen molar-refractivity contribution in [2.24, 2.45) is 11.8 Å². The second kappa shape index (κ2) is 1.96. The molecule has 2 nitrogen and oxygen atoms in total. The molecule has 52 valence electrons. The summed E-state index contributed by atoms with van der Waals surface area (Å²) in [5.74, 6) is 1.44. The van der Waals surface area contributed by atoms with Gasteiger partial charge >= 0.3 is 0 Å². The first-order valence-corrected chi connectivity index (χ1v) is 3.73. The summed E-state index contributed by atoms with van der Waals surface area (Å²) < 4.78 is 0. The minimum Gasteiger partial charge on any atom is -0.396 e. The largest absolute Gasteiger partial charge is 0.396 e. The molecule has 2 heteroatoms. The molecule has 2 saturated heterocycles. The monoisotopic (exact) mass is 127 g/mol. The third-order valence-electron chi connectivity index (χ3n) is 2.70. The molecule has 0 aromatic carbocycles. The molecule has 3 atom stereocenters. The second-order valence-electron chi connectivity index (χ2n) is 3.25. The zero-order valence-corrected chi connectivity index (χ0v) is 5.58. The molecule has 0 aliphatic carbocycles. The normalized spacial score (nSPS) is 48.3. The van der Waals surface area contributed by atoms with Crippen LogP contribution >= 0.6 is 0 Å². The van der Waals surface area contributed by atoms with Crippen molar-refractivity contribution in [3.63, 3.8) is 0 Å². The fourth-order valence-corrected chi connectivity index (χ4v) is 2.10. The molecule has 1 N–H and O–H groups in total. The van der Waals surface area contributed by atoms with E-state index in [-0.39, 0.29) is 0 Å². The van der Waals surface area contributed by atoms with E-state index in [1.165, 1.54) is 19.5 Å². The van der Waals surface area contributed by atoms with Crippen LogP contribution in [0.2, 0.25) is 0 Å². The van der Waals surface area contributed by atoms with Crippen LogP contribution in [0.15, 0.2) is 0 Å². The average molecular weight is 127 g/mol. The van der Waals surface area contributed by atoms with Crippen LogP contribution in [0.5, 0.6) is 0 Å². The van der Waals surface area contributed by atoms with Crippen molar-refractivity contribution >= 4 is 0 Å². The molecule has 2 fully saturated rings. The maximum Gasteiger partial charge on any atom is 0.0474 e. The van der Waals surface area contributed by atoms with E-state index in [0.717, 1.165) is 12.5 Å². The van der Waals surface area contributed by atoms with Gasteiger partial charge in [0, 0.05) is 19.7 Å². The Kier molecular flexibility index (Phi) is 1.24. The summed E-state index contributed by atoms with van der Waals surface area (Å²) in [5.41, 5.74) is 0. The maximum absolute atomic E-state index is 8.86. The fourth-order valence-electron chi connectivity index (χ4n) is 2.10. The summed E-state index contributed by atoms with van der Waals surface area (Å²) in [6, 6.07) is 0. The molecule has 2 bridgehead atoms. The van der Waals surface area contributed by atoms with Gasteiger partial charge in [-0.15, -0.1) is 0 Å². The summed E-state index contributed by atoms with van der Waals surface area (Å²) >= 11 is 0. The minimum atomic E-state index is 0.404. The van der Waals surface area contributed by atoms with E-state index >= 15 is 0 Å². The summed E-state index contributed by atoms with van der Waals surface area (Å²) in [6.45, 7) is 4.09. The SMILES string of the molecule is OC[C@@H]1CN2CC[C@@H]1C2. The Morgan fingerprint density at radius 3 is 2.67 bits per heavy atom. The molecule has 2 rings (SSSR count). The number of hydrogen-bond donors (Lipinski definition) is 1. The molecule has 0 saturated carbocycles. The second-order valence-corrected chi connectivity index (χ2v) is 3.25. The number of piperidine rings is 1. The predicted molar refractivity (Wildman–Crippen MR) is 35.1 cm³/mol. The number of aliphatic hydroxyl groups is 1. The fraction of sp³-hybridized carbons (Fsp3) is 1.00. The van der Waals surface area contributed by atoms with Crippen molar-refractivity contribution < 1.29 is 5.11 Å². The Balaban J connectivity index is 2.01. The number of nitrogens with zero attached hydrogens (tertiary/aromatic N) is 1. The first-order valence-electron chi connectivity index (χ1n) is 3.73. The van der Waals surface area contributed by atoms with Gasteiger partial charge in [0.1, 0.15) is 0 Å². The molecule has 1 unspecified atom stereocenters. The Morgan fingerprint density at radius 1 is 1.44 bits per heavy atom. The molecule has 2 aliphatic heterocycles. The van der Waals surface area contributed by atoms with Crippen LogP contribution < -0.4 is 0 Å². The quantitative estimate of drug-likeness (QED) is 0.533. The van der Waals surface area contributed by atoms with Gasteiger partial charge in [0.15, 0.2) is 0 Å². The van der Waals surface area contributed by atoms with Gasteiger partial charge in [-0.2, -0.15) is 0 Å². The summed E-state index contributed by atoms with van der Waals surface area (Å²) in [5, 5.41) is 8.86. The summed E-state index contributed by atoms with van der Waals surface area (Å²) in [7, 11) is 0. The lowest BCUT2D eigenvalue weighted by Crippen LogP contribution is -2.25. The standard InChI is InChI=1S/C7H13NO/c9-5-7-4-8-2-1-6(7)3-8/h6-7,9H,1-5H2/t6-,7+/m1/s1. The smallest absolute Gasteiger partial charge is 0.0474 e. The van der Waals surface area contributed by atoms with Crippen molar-refractivity contribution in [1.29, 1.82) is 0 Å². The van der Waals surface area contributed by atoms with E-state index in [0.29, 0.717) is 12.5 Å². The highest BCUT2D eigenvalue weighted by Gasteiger charge is 2.36. The lowest BCUT2D eigenvalue weighted by Gasteiger charge is -2.18. The Morgan fingerprint density at radius 2 is 2.33 bits per heavy atom. The van der Waals surface area contributed by atoms with Gasteiger partial charge in [-0.25, -0.2) is 0 Å². The Bertz CT molecular complexity index is 115. The van der Waals surface area contributed by atoms with E-state index < -0.39 is 0 Å². The molecule has 0 radical (unpaired) electrons. The van der Waals surface area contributed by atoms with E-state index in [2.05, 4.69) is 4.90 Å². The lowest BCUT2D eigenvalue weighted by molar-refractivity contribution is 0.178. The highest BCUT2D eigenvalue weighted by atomic mass is 16.3. The molecular weight excluding hydrogens is 114 g/mol. The van der Waals surface area contributed by atoms with E-state index in [1.54, 1.807) is 0 Å². The molecule has 2 heterocycles. The highest BCUT2D eigenvalue weighted by Crippen LogP contribution is 2.31. The van der Waals surface area contributed by atoms with Gasteiger partial charge in [0.2, 0.25) is 0 Å². The molecular formula is C7H13NO. The molecule has 0 aromatic rings. The summed E-state index contributed by atoms with van der Waals surface area (Å²) in [6.07, 6.45) is 1.32. The Hall–Kier alpha value is -0.0800. The minimum absolute atomic E-state index is 0.404. The van der Waals surface area contributed by atoms with Gasteiger partial charge in [0.05, 0.1) is 0 Å². The van der Waals surface area contributed by atoms with Crippen LogP contribution in [-0.4, -0.2) is 36.2 Å². The molecule has 0 aromatic heterocycles. The number of rotatable bonds is 1. The average Bonchev–Trinajstić information content (AvgIpc) is 2.45. The zero-order valence-electron chi connectivity index (χ0n) is 5.58. The molecule has 9 heavy (non-hydrogen) atoms. The molecule has 0 amide bonds. The van der Waals surface area contributed by atoms with Crippen LogP contribution in [-0.2, 0) is 0 Å². The number of fused-ring (bicyclic) bond motifs is 2. The van der Waals surface area contributed by atoms with Crippen LogP contribution in [0.4, 0.5) is 0 Å². The van der Waals surface area contributed by atoms with E-state index in [1.807, 2.05) is 0 Å². The van der Waals surface area contributed by atoms with Crippen molar-refractivity contribution in [2.75, 3.05) is 26.2 Å². The van der Waals surface area contributed by atoms with Crippen molar-refractivity contribution in [2.45, 2.75) is 6.42 Å². The van der Waals surface area contributed by atoms with Crippen LogP contribution in [0, 0.1) is 11.8 Å². The van der Waals surface area contributed by atoms with Gasteiger partial charge in [-0.3, -0.25) is 0 Å². The van der Waals surface area contributed by atoms with Crippen molar-refractivity contribution in [3.05, 3.63) is 0 Å². The topological polar surface area (TPSA) is 23.5 Å². The van der Waals surface area contributed by atoms with Crippen LogP contribution in [0.1, 0.15) is 6.42 Å². The van der Waals surface area contributed by atoms with E-state index in [4.69, 9.17) is 5.11 Å². The third-order valence-corrected chi connectivity index (χ3v) is 2.70. The number of hydrogen-bond acceptors (Lipinski definition) is 2. The van der Waals surface area contributed by atoms with Crippen LogP contribution in [0.3, 0.4) is 0 Å². The predicted octanol–water partition coefficient (Wildman–Crippen LogP) is -0.0696. The molecule has 2 aliphatic rings. The lowest BCUT2D eigenvalue weighted by atomic mass is 9.94. The van der Waals surface area contributed by atoms with E-state index in [9.17, 15) is 0 Å². The first kappa shape index (κ1) is 5.69. The zero-order chi connectivity index (χ0) is 6.27. The number of aliphatic hydroxyl groups excluding tert-OH is 1. The van der Waals surface area contributed by atoms with Gasteiger partial charge in [-0.05, 0) is 24.8 Å². The van der Waals surface area contributed by atoms with Gasteiger partial charge in [0.25, 0.3) is 0 Å². The third kappa shape index (κ3) is 0.775. The van der Waals surface area contributed by atoms with Gasteiger partial charge < -0.3 is 10.0 Å². The highest BCUT2D eigenvalue weighted by molar-refractivity contribution is 4.89. The molecule has 0 spiro atoms. The first-order chi connectivity index (χ1) is 4.40. The van der Waals surface area contributed by atoms with Crippen molar-refractivity contribution in [1.82, 2.24) is 4.90 Å². The van der Waals surface area contributed by atoms with Crippen LogP contribution in [0.25, 0.3) is 0 Å². The van der Waals surface area contributed by atoms with Crippen molar-refractivity contribution in [3.8, 4) is 0 Å². The van der Waals surface area contributed by atoms with Gasteiger partial charge in [-0.1, -0.05) is 0 Å².